The summed E-state index contributed by atoms with van der Waals surface area (Å²) in [5.41, 5.74) is 7.96. The minimum absolute atomic E-state index is 0.170. The Hall–Kier alpha value is -2.53. The van der Waals surface area contributed by atoms with E-state index in [9.17, 15) is 4.79 Å². The molecule has 2 aromatic rings. The number of benzene rings is 2. The molecule has 1 unspecified atom stereocenters. The van der Waals surface area contributed by atoms with Crippen LogP contribution in [0.15, 0.2) is 42.5 Å². The summed E-state index contributed by atoms with van der Waals surface area (Å²) in [6.07, 6.45) is 0. The lowest BCUT2D eigenvalue weighted by Gasteiger charge is -2.14. The van der Waals surface area contributed by atoms with Crippen molar-refractivity contribution in [3.63, 3.8) is 0 Å². The molecule has 116 valence electrons. The average Bonchev–Trinajstić information content (AvgIpc) is 2.54. The van der Waals surface area contributed by atoms with Crippen LogP contribution in [0.25, 0.3) is 0 Å². The van der Waals surface area contributed by atoms with E-state index in [1.807, 2.05) is 31.2 Å². The summed E-state index contributed by atoms with van der Waals surface area (Å²) in [5.74, 6) is 0.875. The number of carbonyl (C=O) groups is 1. The molecule has 1 atom stereocenters. The van der Waals surface area contributed by atoms with E-state index in [-0.39, 0.29) is 11.9 Å². The lowest BCUT2D eigenvalue weighted by molar-refractivity contribution is 0.102. The molecular weight excluding hydrogens is 280 g/mol. The summed E-state index contributed by atoms with van der Waals surface area (Å²) >= 11 is 0. The lowest BCUT2D eigenvalue weighted by Crippen LogP contribution is -2.16. The Morgan fingerprint density at radius 1 is 1.09 bits per heavy atom. The van der Waals surface area contributed by atoms with Crippen LogP contribution in [-0.4, -0.2) is 20.1 Å². The van der Waals surface area contributed by atoms with Crippen molar-refractivity contribution in [2.45, 2.75) is 13.0 Å². The van der Waals surface area contributed by atoms with Crippen molar-refractivity contribution < 1.29 is 14.3 Å². The standard InChI is InChI=1S/C17H20N2O3/c1-11(18)15-6-4-5-7-16(15)19-17(20)12-8-13(21-2)10-14(9-12)22-3/h4-11H,18H2,1-3H3,(H,19,20). The fourth-order valence-corrected chi connectivity index (χ4v) is 2.14. The number of para-hydroxylation sites is 1. The Kier molecular flexibility index (Phi) is 5.01. The van der Waals surface area contributed by atoms with Crippen LogP contribution in [0, 0.1) is 0 Å². The van der Waals surface area contributed by atoms with Gasteiger partial charge in [-0.3, -0.25) is 4.79 Å². The molecule has 0 saturated carbocycles. The van der Waals surface area contributed by atoms with Crippen LogP contribution in [-0.2, 0) is 0 Å². The van der Waals surface area contributed by atoms with Crippen molar-refractivity contribution in [2.24, 2.45) is 5.73 Å². The highest BCUT2D eigenvalue weighted by Gasteiger charge is 2.13. The van der Waals surface area contributed by atoms with Gasteiger partial charge in [0.15, 0.2) is 0 Å². The molecule has 0 bridgehead atoms. The minimum atomic E-state index is -0.245. The molecule has 0 heterocycles. The van der Waals surface area contributed by atoms with Crippen molar-refractivity contribution in [1.82, 2.24) is 0 Å². The third-order valence-electron chi connectivity index (χ3n) is 3.31. The first-order valence-electron chi connectivity index (χ1n) is 6.94. The molecular formula is C17H20N2O3. The number of anilines is 1. The second-order valence-electron chi connectivity index (χ2n) is 4.93. The monoisotopic (exact) mass is 300 g/mol. The second-order valence-corrected chi connectivity index (χ2v) is 4.93. The van der Waals surface area contributed by atoms with Gasteiger partial charge in [-0.2, -0.15) is 0 Å². The van der Waals surface area contributed by atoms with Crippen LogP contribution in [0.4, 0.5) is 5.69 Å². The number of methoxy groups -OCH3 is 2. The topological polar surface area (TPSA) is 73.6 Å². The summed E-state index contributed by atoms with van der Waals surface area (Å²) in [7, 11) is 3.09. The fourth-order valence-electron chi connectivity index (χ4n) is 2.14. The van der Waals surface area contributed by atoms with Gasteiger partial charge < -0.3 is 20.5 Å². The Morgan fingerprint density at radius 3 is 2.23 bits per heavy atom. The molecule has 0 fully saturated rings. The average molecular weight is 300 g/mol. The number of rotatable bonds is 5. The van der Waals surface area contributed by atoms with Gasteiger partial charge in [-0.15, -0.1) is 0 Å². The molecule has 5 nitrogen and oxygen atoms in total. The maximum atomic E-state index is 12.5. The molecule has 1 amide bonds. The van der Waals surface area contributed by atoms with E-state index in [0.29, 0.717) is 22.7 Å². The fraction of sp³-hybridized carbons (Fsp3) is 0.235. The second kappa shape index (κ2) is 6.95. The molecule has 0 aromatic heterocycles. The predicted molar refractivity (Wildman–Crippen MR) is 86.5 cm³/mol. The zero-order valence-electron chi connectivity index (χ0n) is 12.9. The van der Waals surface area contributed by atoms with Gasteiger partial charge in [0, 0.05) is 23.4 Å². The quantitative estimate of drug-likeness (QED) is 0.890. The Labute approximate surface area is 130 Å². The van der Waals surface area contributed by atoms with Crippen LogP contribution in [0.1, 0.15) is 28.9 Å². The molecule has 0 saturated heterocycles. The molecule has 3 N–H and O–H groups in total. The first kappa shape index (κ1) is 15.9. The Morgan fingerprint density at radius 2 is 1.68 bits per heavy atom. The first-order chi connectivity index (χ1) is 10.5. The third kappa shape index (κ3) is 3.56. The van der Waals surface area contributed by atoms with Gasteiger partial charge in [0.25, 0.3) is 5.91 Å². The van der Waals surface area contributed by atoms with Crippen molar-refractivity contribution in [3.8, 4) is 11.5 Å². The van der Waals surface area contributed by atoms with Crippen LogP contribution in [0.3, 0.4) is 0 Å². The van der Waals surface area contributed by atoms with Crippen LogP contribution in [0.2, 0.25) is 0 Å². The highest BCUT2D eigenvalue weighted by Crippen LogP contribution is 2.25. The molecule has 22 heavy (non-hydrogen) atoms. The minimum Gasteiger partial charge on any atom is -0.497 e. The largest absolute Gasteiger partial charge is 0.497 e. The van der Waals surface area contributed by atoms with E-state index in [2.05, 4.69) is 5.32 Å². The van der Waals surface area contributed by atoms with Crippen LogP contribution >= 0.6 is 0 Å². The van der Waals surface area contributed by atoms with Crippen LogP contribution < -0.4 is 20.5 Å². The van der Waals surface area contributed by atoms with Crippen LogP contribution in [0.5, 0.6) is 11.5 Å². The van der Waals surface area contributed by atoms with Crippen molar-refractivity contribution in [1.29, 1.82) is 0 Å². The van der Waals surface area contributed by atoms with Gasteiger partial charge in [-0.1, -0.05) is 18.2 Å². The number of carbonyl (C=O) groups excluding carboxylic acids is 1. The maximum absolute atomic E-state index is 12.5. The maximum Gasteiger partial charge on any atom is 0.255 e. The first-order valence-corrected chi connectivity index (χ1v) is 6.94. The van der Waals surface area contributed by atoms with Gasteiger partial charge in [0.1, 0.15) is 11.5 Å². The van der Waals surface area contributed by atoms with E-state index in [4.69, 9.17) is 15.2 Å². The van der Waals surface area contributed by atoms with Gasteiger partial charge in [-0.05, 0) is 30.7 Å². The van der Waals surface area contributed by atoms with E-state index in [1.54, 1.807) is 32.4 Å². The smallest absolute Gasteiger partial charge is 0.255 e. The van der Waals surface area contributed by atoms with Gasteiger partial charge in [0.05, 0.1) is 14.2 Å². The molecule has 2 aromatic carbocycles. The zero-order valence-corrected chi connectivity index (χ0v) is 12.9. The lowest BCUT2D eigenvalue weighted by atomic mass is 10.1. The molecule has 0 aliphatic carbocycles. The summed E-state index contributed by atoms with van der Waals surface area (Å²) in [5, 5.41) is 2.88. The molecule has 0 spiro atoms. The molecule has 0 aliphatic rings. The Balaban J connectivity index is 2.30. The number of nitrogens with one attached hydrogen (secondary N) is 1. The van der Waals surface area contributed by atoms with Crippen molar-refractivity contribution in [2.75, 3.05) is 19.5 Å². The van der Waals surface area contributed by atoms with Gasteiger partial charge >= 0.3 is 0 Å². The third-order valence-corrected chi connectivity index (χ3v) is 3.31. The van der Waals surface area contributed by atoms with Crippen molar-refractivity contribution >= 4 is 11.6 Å². The highest BCUT2D eigenvalue weighted by molar-refractivity contribution is 6.05. The number of amides is 1. The molecule has 2 rings (SSSR count). The number of ether oxygens (including phenoxy) is 2. The number of hydrogen-bond donors (Lipinski definition) is 2. The van der Waals surface area contributed by atoms with Gasteiger partial charge in [-0.25, -0.2) is 0 Å². The normalized spacial score (nSPS) is 11.6. The number of hydrogen-bond acceptors (Lipinski definition) is 4. The zero-order chi connectivity index (χ0) is 16.1. The summed E-state index contributed by atoms with van der Waals surface area (Å²) in [6, 6.07) is 12.3. The van der Waals surface area contributed by atoms with E-state index >= 15 is 0 Å². The number of nitrogens with two attached hydrogens (primary N) is 1. The predicted octanol–water partition coefficient (Wildman–Crippen LogP) is 2.98. The van der Waals surface area contributed by atoms with Gasteiger partial charge in [0.2, 0.25) is 0 Å². The summed E-state index contributed by atoms with van der Waals surface area (Å²) in [6.45, 7) is 1.87. The van der Waals surface area contributed by atoms with E-state index < -0.39 is 0 Å². The summed E-state index contributed by atoms with van der Waals surface area (Å²) < 4.78 is 10.4. The Bertz CT molecular complexity index is 646. The molecule has 0 aliphatic heterocycles. The highest BCUT2D eigenvalue weighted by atomic mass is 16.5. The summed E-state index contributed by atoms with van der Waals surface area (Å²) in [4.78, 5) is 12.5. The van der Waals surface area contributed by atoms with E-state index in [1.165, 1.54) is 0 Å². The van der Waals surface area contributed by atoms with Crippen molar-refractivity contribution in [3.05, 3.63) is 53.6 Å². The van der Waals surface area contributed by atoms with E-state index in [0.717, 1.165) is 5.56 Å². The molecule has 0 radical (unpaired) electrons. The SMILES string of the molecule is COc1cc(OC)cc(C(=O)Nc2ccccc2C(C)N)c1. The molecule has 5 heteroatoms.